The molecule has 4 aromatic carbocycles. The van der Waals surface area contributed by atoms with Crippen LogP contribution < -0.4 is 5.32 Å². The van der Waals surface area contributed by atoms with Crippen molar-refractivity contribution < 1.29 is 24.3 Å². The summed E-state index contributed by atoms with van der Waals surface area (Å²) in [7, 11) is 3.94. The molecule has 0 radical (unpaired) electrons. The molecule has 59 heavy (non-hydrogen) atoms. The zero-order chi connectivity index (χ0) is 41.3. The quantitative estimate of drug-likeness (QED) is 0.107. The normalized spacial score (nSPS) is 15.0. The summed E-state index contributed by atoms with van der Waals surface area (Å²) in [6.07, 6.45) is 9.35. The lowest BCUT2D eigenvalue weighted by molar-refractivity contribution is 0.0682. The topological polar surface area (TPSA) is 142 Å². The molecule has 0 spiro atoms. The van der Waals surface area contributed by atoms with E-state index in [-0.39, 0.29) is 23.3 Å². The minimum atomic E-state index is -0.993. The number of carboxylic acids is 1. The second kappa shape index (κ2) is 19.0. The lowest BCUT2D eigenvalue weighted by Crippen LogP contribution is -2.38. The number of aromatic carboxylic acids is 1. The molecule has 306 valence electrons. The summed E-state index contributed by atoms with van der Waals surface area (Å²) in [6, 6.07) is 31.9. The molecule has 3 amide bonds. The number of H-pyrrole nitrogens is 2. The van der Waals surface area contributed by atoms with Crippen molar-refractivity contribution >= 4 is 45.5 Å². The molecule has 8 rings (SSSR count). The Morgan fingerprint density at radius 1 is 0.644 bits per heavy atom. The first kappa shape index (κ1) is 41.0. The van der Waals surface area contributed by atoms with E-state index in [4.69, 9.17) is 0 Å². The van der Waals surface area contributed by atoms with Crippen LogP contribution in [0.5, 0.6) is 0 Å². The van der Waals surface area contributed by atoms with Gasteiger partial charge in [-0.1, -0.05) is 60.7 Å². The Morgan fingerprint density at radius 3 is 1.53 bits per heavy atom. The van der Waals surface area contributed by atoms with E-state index in [0.29, 0.717) is 40.5 Å². The van der Waals surface area contributed by atoms with E-state index in [1.807, 2.05) is 59.1 Å². The molecule has 2 fully saturated rings. The molecule has 6 aromatic rings. The van der Waals surface area contributed by atoms with Crippen molar-refractivity contribution in [3.63, 3.8) is 0 Å². The predicted octanol–water partition coefficient (Wildman–Crippen LogP) is 7.52. The Labute approximate surface area is 345 Å². The maximum absolute atomic E-state index is 13.2. The summed E-state index contributed by atoms with van der Waals surface area (Å²) in [5, 5.41) is 13.6. The maximum Gasteiger partial charge on any atom is 0.337 e. The average molecular weight is 795 g/mol. The number of likely N-dealkylation sites (tertiary alicyclic amines) is 2. The van der Waals surface area contributed by atoms with Crippen molar-refractivity contribution in [3.05, 3.63) is 143 Å². The minimum absolute atomic E-state index is 0.0207. The van der Waals surface area contributed by atoms with Crippen molar-refractivity contribution in [3.8, 4) is 0 Å². The van der Waals surface area contributed by atoms with Gasteiger partial charge in [0, 0.05) is 84.6 Å². The van der Waals surface area contributed by atoms with Gasteiger partial charge in [-0.25, -0.2) is 4.79 Å². The molecule has 0 atom stereocenters. The molecule has 11 nitrogen and oxygen atoms in total. The summed E-state index contributed by atoms with van der Waals surface area (Å²) in [4.78, 5) is 61.9. The van der Waals surface area contributed by atoms with Gasteiger partial charge in [-0.2, -0.15) is 0 Å². The van der Waals surface area contributed by atoms with Crippen LogP contribution in [0.25, 0.3) is 21.8 Å². The van der Waals surface area contributed by atoms with Crippen molar-refractivity contribution in [2.75, 3.05) is 53.4 Å². The van der Waals surface area contributed by atoms with E-state index in [0.717, 1.165) is 87.7 Å². The van der Waals surface area contributed by atoms with Crippen LogP contribution in [-0.4, -0.2) is 107 Å². The van der Waals surface area contributed by atoms with Crippen LogP contribution in [0.4, 0.5) is 0 Å². The molecular formula is C48H54N6O5. The summed E-state index contributed by atoms with van der Waals surface area (Å²) in [6.45, 7) is 4.40. The van der Waals surface area contributed by atoms with E-state index >= 15 is 0 Å². The summed E-state index contributed by atoms with van der Waals surface area (Å²) < 4.78 is 0. The number of rotatable bonds is 11. The fraction of sp³-hybridized carbons (Fsp3) is 0.333. The van der Waals surface area contributed by atoms with Crippen LogP contribution in [0.2, 0.25) is 0 Å². The first-order valence-corrected chi connectivity index (χ1v) is 20.7. The molecular weight excluding hydrogens is 741 g/mol. The van der Waals surface area contributed by atoms with Gasteiger partial charge in [0.05, 0.1) is 11.1 Å². The molecule has 0 unspecified atom stereocenters. The number of aromatic amines is 2. The third kappa shape index (κ3) is 10.3. The number of likely N-dealkylation sites (N-methyl/N-ethyl adjacent to an activating group) is 1. The van der Waals surface area contributed by atoms with E-state index in [2.05, 4.69) is 63.8 Å². The Hall–Kier alpha value is -6.20. The molecule has 2 aromatic heterocycles. The lowest BCUT2D eigenvalue weighted by Gasteiger charge is -2.32. The number of piperidine rings is 2. The Kier molecular flexibility index (Phi) is 13.2. The van der Waals surface area contributed by atoms with Crippen LogP contribution in [0.3, 0.4) is 0 Å². The van der Waals surface area contributed by atoms with Crippen LogP contribution in [-0.2, 0) is 12.8 Å². The molecule has 4 N–H and O–H groups in total. The molecule has 0 saturated carbocycles. The smallest absolute Gasteiger partial charge is 0.337 e. The number of hydrogen-bond donors (Lipinski definition) is 4. The molecule has 11 heteroatoms. The van der Waals surface area contributed by atoms with Crippen molar-refractivity contribution in [1.82, 2.24) is 30.0 Å². The minimum Gasteiger partial charge on any atom is -0.478 e. The number of fused-ring (bicyclic) bond motifs is 2. The Morgan fingerprint density at radius 2 is 1.08 bits per heavy atom. The number of nitrogens with zero attached hydrogens (tertiary/aromatic N) is 3. The molecule has 2 aliphatic rings. The maximum atomic E-state index is 13.2. The van der Waals surface area contributed by atoms with Gasteiger partial charge in [0.15, 0.2) is 0 Å². The van der Waals surface area contributed by atoms with Crippen LogP contribution in [0, 0.1) is 11.8 Å². The van der Waals surface area contributed by atoms with Gasteiger partial charge in [0.2, 0.25) is 0 Å². The van der Waals surface area contributed by atoms with Crippen LogP contribution >= 0.6 is 0 Å². The second-order valence-electron chi connectivity index (χ2n) is 16.1. The summed E-state index contributed by atoms with van der Waals surface area (Å²) >= 11 is 0. The predicted molar refractivity (Wildman–Crippen MR) is 232 cm³/mol. The first-order chi connectivity index (χ1) is 28.6. The third-order valence-corrected chi connectivity index (χ3v) is 11.7. The largest absolute Gasteiger partial charge is 0.478 e. The highest BCUT2D eigenvalue weighted by Gasteiger charge is 2.26. The van der Waals surface area contributed by atoms with Gasteiger partial charge in [-0.15, -0.1) is 0 Å². The van der Waals surface area contributed by atoms with Gasteiger partial charge in [0.1, 0.15) is 0 Å². The van der Waals surface area contributed by atoms with E-state index in [1.54, 1.807) is 24.4 Å². The molecule has 2 aliphatic heterocycles. The number of nitrogens with one attached hydrogen (secondary N) is 3. The molecule has 0 bridgehead atoms. The van der Waals surface area contributed by atoms with E-state index in [1.165, 1.54) is 17.3 Å². The Bertz CT molecular complexity index is 2370. The zero-order valence-corrected chi connectivity index (χ0v) is 34.0. The van der Waals surface area contributed by atoms with E-state index < -0.39 is 5.97 Å². The van der Waals surface area contributed by atoms with E-state index in [9.17, 15) is 24.3 Å². The van der Waals surface area contributed by atoms with Gasteiger partial charge in [-0.05, 0) is 112 Å². The zero-order valence-electron chi connectivity index (χ0n) is 34.0. The summed E-state index contributed by atoms with van der Waals surface area (Å²) in [5.41, 5.74) is 6.27. The van der Waals surface area contributed by atoms with Crippen molar-refractivity contribution in [2.45, 2.75) is 38.5 Å². The number of carboxylic acid groups (broad SMARTS) is 1. The highest BCUT2D eigenvalue weighted by molar-refractivity contribution is 6.09. The van der Waals surface area contributed by atoms with Gasteiger partial charge in [0.25, 0.3) is 17.7 Å². The number of hydrogen-bond acceptors (Lipinski definition) is 5. The first-order valence-electron chi connectivity index (χ1n) is 20.7. The molecule has 0 aliphatic carbocycles. The number of amides is 3. The number of carbonyl (C=O) groups excluding carboxylic acids is 3. The van der Waals surface area contributed by atoms with Gasteiger partial charge < -0.3 is 35.1 Å². The SMILES string of the molecule is CN(C)CCNC(=O)c1c[nH]c2ccc(C(=O)N3CCC(Cc4ccccc4)CC3)cc12.O=C(O)c1c[nH]c2ccc(C(=O)N3CCC(Cc4ccccc4)CC3)cc12. The summed E-state index contributed by atoms with van der Waals surface area (Å²) in [5.74, 6) is 0.128. The monoisotopic (exact) mass is 794 g/mol. The van der Waals surface area contributed by atoms with Crippen molar-refractivity contribution in [1.29, 1.82) is 0 Å². The van der Waals surface area contributed by atoms with Crippen LogP contribution in [0.1, 0.15) is 78.2 Å². The fourth-order valence-corrected chi connectivity index (χ4v) is 8.30. The number of carbonyl (C=O) groups is 4. The fourth-order valence-electron chi connectivity index (χ4n) is 8.30. The highest BCUT2D eigenvalue weighted by atomic mass is 16.4. The third-order valence-electron chi connectivity index (χ3n) is 11.7. The number of benzene rings is 4. The highest BCUT2D eigenvalue weighted by Crippen LogP contribution is 2.27. The van der Waals surface area contributed by atoms with Crippen molar-refractivity contribution in [2.24, 2.45) is 11.8 Å². The average Bonchev–Trinajstić information content (AvgIpc) is 3.89. The van der Waals surface area contributed by atoms with Gasteiger partial charge >= 0.3 is 5.97 Å². The molecule has 4 heterocycles. The lowest BCUT2D eigenvalue weighted by atomic mass is 9.90. The molecule has 2 saturated heterocycles. The Balaban J connectivity index is 0.000000181. The van der Waals surface area contributed by atoms with Gasteiger partial charge in [-0.3, -0.25) is 14.4 Å². The number of aromatic nitrogens is 2. The second-order valence-corrected chi connectivity index (χ2v) is 16.1. The van der Waals surface area contributed by atoms with Crippen LogP contribution in [0.15, 0.2) is 109 Å². The standard InChI is InChI=1S/C26H32N4O2.C22H22N2O3/c1-29(2)15-12-27-25(31)23-18-28-24-9-8-21(17-22(23)24)26(32)30-13-10-20(11-14-30)16-19-6-4-3-5-7-19;25-21(17-6-7-20-18(13-17)19(14-23-20)22(26)27)24-10-8-16(9-11-24)12-15-4-2-1-3-5-15/h3-9,17-18,20,28H,10-16H2,1-2H3,(H,27,31);1-7,13-14,16,23H,8-12H2,(H,26,27).